The second-order valence-corrected chi connectivity index (χ2v) is 7.36. The van der Waals surface area contributed by atoms with Crippen molar-refractivity contribution in [3.8, 4) is 0 Å². The molecule has 0 aliphatic carbocycles. The highest BCUT2D eigenvalue weighted by molar-refractivity contribution is 7.09. The highest BCUT2D eigenvalue weighted by Crippen LogP contribution is 2.23. The van der Waals surface area contributed by atoms with Gasteiger partial charge in [-0.25, -0.2) is 9.67 Å². The van der Waals surface area contributed by atoms with Crippen LogP contribution in [0.15, 0.2) is 22.4 Å². The second kappa shape index (κ2) is 5.97. The Morgan fingerprint density at radius 1 is 1.38 bits per heavy atom. The number of nitrogens with one attached hydrogen (secondary N) is 1. The molecule has 2 heterocycles. The lowest BCUT2D eigenvalue weighted by Gasteiger charge is -2.14. The van der Waals surface area contributed by atoms with Crippen LogP contribution in [0.3, 0.4) is 0 Å². The predicted octanol–water partition coefficient (Wildman–Crippen LogP) is 2.87. The summed E-state index contributed by atoms with van der Waals surface area (Å²) in [5.41, 5.74) is 1.71. The molecule has 114 valence electrons. The summed E-state index contributed by atoms with van der Waals surface area (Å²) in [4.78, 5) is 16.7. The zero-order valence-electron chi connectivity index (χ0n) is 13.2. The van der Waals surface area contributed by atoms with Crippen molar-refractivity contribution < 1.29 is 0 Å². The van der Waals surface area contributed by atoms with E-state index >= 15 is 0 Å². The van der Waals surface area contributed by atoms with Gasteiger partial charge in [-0.15, -0.1) is 11.3 Å². The molecule has 5 nitrogen and oxygen atoms in total. The van der Waals surface area contributed by atoms with E-state index < -0.39 is 0 Å². The van der Waals surface area contributed by atoms with Crippen molar-refractivity contribution in [1.82, 2.24) is 14.8 Å². The average Bonchev–Trinajstić information content (AvgIpc) is 2.80. The maximum Gasteiger partial charge on any atom is 0.269 e. The molecule has 0 spiro atoms. The van der Waals surface area contributed by atoms with Gasteiger partial charge in [0.1, 0.15) is 5.01 Å². The summed E-state index contributed by atoms with van der Waals surface area (Å²) in [7, 11) is 0. The third-order valence-corrected chi connectivity index (χ3v) is 3.76. The molecule has 0 unspecified atom stereocenters. The van der Waals surface area contributed by atoms with E-state index in [0.717, 1.165) is 16.4 Å². The largest absolute Gasteiger partial charge is 0.381 e. The van der Waals surface area contributed by atoms with Crippen LogP contribution in [0.2, 0.25) is 0 Å². The van der Waals surface area contributed by atoms with Gasteiger partial charge in [0.25, 0.3) is 5.56 Å². The first kappa shape index (κ1) is 15.7. The SMILES string of the molecule is CC(C)Nc1cnn(Cc2nc(C(C)(C)C)cs2)c(=O)c1. The number of hydrogen-bond donors (Lipinski definition) is 1. The lowest BCUT2D eigenvalue weighted by Crippen LogP contribution is -2.24. The van der Waals surface area contributed by atoms with Crippen LogP contribution in [0, 0.1) is 0 Å². The highest BCUT2D eigenvalue weighted by atomic mass is 32.1. The summed E-state index contributed by atoms with van der Waals surface area (Å²) in [6, 6.07) is 1.85. The van der Waals surface area contributed by atoms with Gasteiger partial charge in [-0.3, -0.25) is 4.79 Å². The second-order valence-electron chi connectivity index (χ2n) is 6.42. The van der Waals surface area contributed by atoms with Crippen LogP contribution in [-0.4, -0.2) is 20.8 Å². The van der Waals surface area contributed by atoms with Crippen molar-refractivity contribution in [2.75, 3.05) is 5.32 Å². The first-order valence-corrected chi connectivity index (χ1v) is 7.92. The molecule has 1 N–H and O–H groups in total. The molecule has 0 saturated carbocycles. The van der Waals surface area contributed by atoms with Crippen LogP contribution < -0.4 is 10.9 Å². The molecule has 2 aromatic heterocycles. The van der Waals surface area contributed by atoms with Gasteiger partial charge in [-0.1, -0.05) is 20.8 Å². The molecule has 0 saturated heterocycles. The first-order chi connectivity index (χ1) is 9.75. The minimum atomic E-state index is -0.117. The smallest absolute Gasteiger partial charge is 0.269 e. The van der Waals surface area contributed by atoms with Gasteiger partial charge in [0, 0.05) is 22.9 Å². The molecule has 2 rings (SSSR count). The summed E-state index contributed by atoms with van der Waals surface area (Å²) in [5, 5.41) is 10.3. The Morgan fingerprint density at radius 3 is 2.62 bits per heavy atom. The van der Waals surface area contributed by atoms with Gasteiger partial charge >= 0.3 is 0 Å². The normalized spacial score (nSPS) is 11.9. The topological polar surface area (TPSA) is 59.8 Å². The Hall–Kier alpha value is -1.69. The van der Waals surface area contributed by atoms with E-state index in [1.165, 1.54) is 4.68 Å². The zero-order valence-corrected chi connectivity index (χ0v) is 14.0. The Balaban J connectivity index is 2.17. The Morgan fingerprint density at radius 2 is 2.10 bits per heavy atom. The minimum absolute atomic E-state index is 0.0260. The molecule has 6 heteroatoms. The van der Waals surface area contributed by atoms with Crippen LogP contribution >= 0.6 is 11.3 Å². The Kier molecular flexibility index (Phi) is 4.46. The predicted molar refractivity (Wildman–Crippen MR) is 87.2 cm³/mol. The molecule has 0 bridgehead atoms. The fourth-order valence-electron chi connectivity index (χ4n) is 1.82. The summed E-state index contributed by atoms with van der Waals surface area (Å²) in [6.07, 6.45) is 1.68. The Labute approximate surface area is 129 Å². The monoisotopic (exact) mass is 306 g/mol. The standard InChI is InChI=1S/C15H22N4OS/c1-10(2)17-11-6-14(20)19(16-7-11)8-13-18-12(9-21-13)15(3,4)5/h6-7,9-10,17H,8H2,1-5H3. The van der Waals surface area contributed by atoms with Crippen LogP contribution in [-0.2, 0) is 12.0 Å². The van der Waals surface area contributed by atoms with Gasteiger partial charge < -0.3 is 5.32 Å². The molecule has 0 radical (unpaired) electrons. The summed E-state index contributed by atoms with van der Waals surface area (Å²) in [6.45, 7) is 10.8. The van der Waals surface area contributed by atoms with E-state index in [2.05, 4.69) is 41.6 Å². The van der Waals surface area contributed by atoms with Gasteiger partial charge in [0.2, 0.25) is 0 Å². The van der Waals surface area contributed by atoms with E-state index in [1.54, 1.807) is 23.6 Å². The van der Waals surface area contributed by atoms with Crippen molar-refractivity contribution in [3.63, 3.8) is 0 Å². The zero-order chi connectivity index (χ0) is 15.6. The van der Waals surface area contributed by atoms with Crippen molar-refractivity contribution in [3.05, 3.63) is 38.7 Å². The van der Waals surface area contributed by atoms with Gasteiger partial charge in [-0.05, 0) is 13.8 Å². The maximum atomic E-state index is 12.1. The van der Waals surface area contributed by atoms with E-state index in [4.69, 9.17) is 0 Å². The summed E-state index contributed by atoms with van der Waals surface area (Å²) >= 11 is 1.57. The molecule has 0 amide bonds. The fourth-order valence-corrected chi connectivity index (χ4v) is 2.82. The molecular weight excluding hydrogens is 284 g/mol. The lowest BCUT2D eigenvalue weighted by molar-refractivity contribution is 0.565. The molecule has 21 heavy (non-hydrogen) atoms. The number of nitrogens with zero attached hydrogens (tertiary/aromatic N) is 3. The number of hydrogen-bond acceptors (Lipinski definition) is 5. The van der Waals surface area contributed by atoms with Crippen molar-refractivity contribution in [1.29, 1.82) is 0 Å². The van der Waals surface area contributed by atoms with Gasteiger partial charge in [0.15, 0.2) is 0 Å². The third kappa shape index (κ3) is 4.14. The van der Waals surface area contributed by atoms with E-state index in [-0.39, 0.29) is 17.0 Å². The highest BCUT2D eigenvalue weighted by Gasteiger charge is 2.17. The van der Waals surface area contributed by atoms with Crippen LogP contribution in [0.1, 0.15) is 45.3 Å². The van der Waals surface area contributed by atoms with Crippen molar-refractivity contribution in [2.24, 2.45) is 0 Å². The molecule has 0 fully saturated rings. The average molecular weight is 306 g/mol. The molecule has 2 aromatic rings. The number of aromatic nitrogens is 3. The fraction of sp³-hybridized carbons (Fsp3) is 0.533. The van der Waals surface area contributed by atoms with Crippen molar-refractivity contribution >= 4 is 17.0 Å². The number of anilines is 1. The molecular formula is C15H22N4OS. The first-order valence-electron chi connectivity index (χ1n) is 7.04. The van der Waals surface area contributed by atoms with Crippen LogP contribution in [0.4, 0.5) is 5.69 Å². The quantitative estimate of drug-likeness (QED) is 0.943. The van der Waals surface area contributed by atoms with Crippen molar-refractivity contribution in [2.45, 2.75) is 52.6 Å². The van der Waals surface area contributed by atoms with Crippen LogP contribution in [0.25, 0.3) is 0 Å². The third-order valence-electron chi connectivity index (χ3n) is 2.93. The van der Waals surface area contributed by atoms with E-state index in [9.17, 15) is 4.79 Å². The molecule has 0 aliphatic rings. The van der Waals surface area contributed by atoms with Crippen LogP contribution in [0.5, 0.6) is 0 Å². The molecule has 0 aromatic carbocycles. The van der Waals surface area contributed by atoms with Gasteiger partial charge in [-0.2, -0.15) is 5.10 Å². The molecule has 0 aliphatic heterocycles. The molecule has 0 atom stereocenters. The lowest BCUT2D eigenvalue weighted by atomic mass is 9.93. The number of thiazole rings is 1. The maximum absolute atomic E-state index is 12.1. The number of rotatable bonds is 4. The van der Waals surface area contributed by atoms with Gasteiger partial charge in [0.05, 0.1) is 24.1 Å². The summed E-state index contributed by atoms with van der Waals surface area (Å²) in [5.74, 6) is 0. The van der Waals surface area contributed by atoms with E-state index in [0.29, 0.717) is 6.54 Å². The summed E-state index contributed by atoms with van der Waals surface area (Å²) < 4.78 is 1.44. The Bertz CT molecular complexity index is 667. The minimum Gasteiger partial charge on any atom is -0.381 e. The van der Waals surface area contributed by atoms with E-state index in [1.807, 2.05) is 13.8 Å².